The summed E-state index contributed by atoms with van der Waals surface area (Å²) in [5.74, 6) is -7.97. The van der Waals surface area contributed by atoms with Crippen molar-refractivity contribution in [2.75, 3.05) is 6.54 Å². The Hall–Kier alpha value is -4.74. The number of carbonyl (C=O) groups is 5. The molecule has 0 spiro atoms. The van der Waals surface area contributed by atoms with Crippen molar-refractivity contribution in [3.05, 3.63) is 51.5 Å². The van der Waals surface area contributed by atoms with Crippen molar-refractivity contribution < 1.29 is 61.6 Å². The van der Waals surface area contributed by atoms with Gasteiger partial charge in [-0.05, 0) is 36.2 Å². The van der Waals surface area contributed by atoms with Crippen LogP contribution in [0.15, 0.2) is 30.3 Å². The highest BCUT2D eigenvalue weighted by atomic mass is 32.1. The average Bonchev–Trinajstić information content (AvgIpc) is 3.32. The zero-order valence-corrected chi connectivity index (χ0v) is 22.7. The molecule has 0 saturated carbocycles. The second kappa shape index (κ2) is 15.3. The van der Waals surface area contributed by atoms with E-state index in [4.69, 9.17) is 30.9 Å². The van der Waals surface area contributed by atoms with E-state index in [0.29, 0.717) is 4.88 Å². The SMILES string of the molecule is CC(C)CN(Cc1ccc(C(=O)Oc2ccc(C(=N)N)cc2F)s1)C(=O)N[C@@H](CC(=O)O)C(=O)O.O=C(O)C(F)(F)F. The number of thiophene rings is 1. The largest absolute Gasteiger partial charge is 0.490 e. The van der Waals surface area contributed by atoms with Crippen LogP contribution >= 0.6 is 11.3 Å². The van der Waals surface area contributed by atoms with Crippen LogP contribution in [0.1, 0.15) is 40.4 Å². The summed E-state index contributed by atoms with van der Waals surface area (Å²) in [5.41, 5.74) is 5.44. The Bertz CT molecular complexity index is 1330. The highest BCUT2D eigenvalue weighted by molar-refractivity contribution is 7.13. The first-order chi connectivity index (χ1) is 19.3. The van der Waals surface area contributed by atoms with Gasteiger partial charge in [0.2, 0.25) is 0 Å². The molecule has 42 heavy (non-hydrogen) atoms. The number of hydrogen-bond acceptors (Lipinski definition) is 8. The van der Waals surface area contributed by atoms with E-state index in [0.717, 1.165) is 17.4 Å². The molecule has 2 aromatic rings. The molecule has 1 heterocycles. The molecule has 0 bridgehead atoms. The van der Waals surface area contributed by atoms with Gasteiger partial charge in [0.1, 0.15) is 16.8 Å². The minimum atomic E-state index is -5.08. The second-order valence-corrected chi connectivity index (χ2v) is 9.90. The van der Waals surface area contributed by atoms with E-state index in [1.807, 2.05) is 13.8 Å². The van der Waals surface area contributed by atoms with Gasteiger partial charge in [-0.15, -0.1) is 11.3 Å². The summed E-state index contributed by atoms with van der Waals surface area (Å²) >= 11 is 1.000. The van der Waals surface area contributed by atoms with Gasteiger partial charge < -0.3 is 36.0 Å². The van der Waals surface area contributed by atoms with Gasteiger partial charge in [0.15, 0.2) is 11.6 Å². The fraction of sp³-hybridized carbons (Fsp3) is 0.333. The standard InChI is InChI=1S/C22H25FN4O7S.C2HF3O2/c1-11(2)9-27(22(33)26-15(20(30)31)8-18(28)29)10-13-4-6-17(35-13)21(32)34-16-5-3-12(19(24)25)7-14(16)23;3-2(4,5)1(6)7/h3-7,11,15H,8-10H2,1-2H3,(H3,24,25)(H,26,33)(H,28,29)(H,30,31);(H,6,7)/t15-;/m0./s1. The normalized spacial score (nSPS) is 11.5. The number of amides is 2. The van der Waals surface area contributed by atoms with Gasteiger partial charge in [0.25, 0.3) is 0 Å². The Morgan fingerprint density at radius 2 is 1.69 bits per heavy atom. The molecule has 1 atom stereocenters. The lowest BCUT2D eigenvalue weighted by molar-refractivity contribution is -0.192. The number of halogens is 4. The number of nitrogen functional groups attached to an aromatic ring is 1. The summed E-state index contributed by atoms with van der Waals surface area (Å²) in [5, 5.41) is 34.7. The summed E-state index contributed by atoms with van der Waals surface area (Å²) in [7, 11) is 0. The van der Waals surface area contributed by atoms with Crippen molar-refractivity contribution in [1.82, 2.24) is 10.2 Å². The number of alkyl halides is 3. The molecule has 0 radical (unpaired) electrons. The number of nitrogens with one attached hydrogen (secondary N) is 2. The molecule has 13 nitrogen and oxygen atoms in total. The number of carbonyl (C=O) groups excluding carboxylic acids is 2. The summed E-state index contributed by atoms with van der Waals surface area (Å²) in [6.45, 7) is 3.93. The molecule has 0 aliphatic carbocycles. The lowest BCUT2D eigenvalue weighted by atomic mass is 10.2. The van der Waals surface area contributed by atoms with Crippen molar-refractivity contribution in [2.45, 2.75) is 39.0 Å². The van der Waals surface area contributed by atoms with Crippen LogP contribution in [0.4, 0.5) is 22.4 Å². The molecule has 1 aromatic heterocycles. The third kappa shape index (κ3) is 11.8. The van der Waals surface area contributed by atoms with Gasteiger partial charge in [-0.25, -0.2) is 23.6 Å². The summed E-state index contributed by atoms with van der Waals surface area (Å²) in [6.07, 6.45) is -5.87. The zero-order valence-electron chi connectivity index (χ0n) is 21.9. The maximum absolute atomic E-state index is 14.2. The van der Waals surface area contributed by atoms with Gasteiger partial charge >= 0.3 is 36.1 Å². The van der Waals surface area contributed by atoms with E-state index in [9.17, 15) is 41.8 Å². The minimum absolute atomic E-state index is 0.00819. The Kier molecular flexibility index (Phi) is 12.9. The van der Waals surface area contributed by atoms with Crippen LogP contribution in [0, 0.1) is 17.1 Å². The number of benzene rings is 1. The predicted octanol–water partition coefficient (Wildman–Crippen LogP) is 3.12. The first kappa shape index (κ1) is 35.3. The third-order valence-corrected chi connectivity index (χ3v) is 5.79. The number of nitrogens with zero attached hydrogens (tertiary/aromatic N) is 1. The van der Waals surface area contributed by atoms with Gasteiger partial charge in [-0.2, -0.15) is 13.2 Å². The molecule has 0 saturated heterocycles. The van der Waals surface area contributed by atoms with Crippen molar-refractivity contribution in [1.29, 1.82) is 5.41 Å². The van der Waals surface area contributed by atoms with Gasteiger partial charge in [0, 0.05) is 17.0 Å². The van der Waals surface area contributed by atoms with Crippen LogP contribution in [0.5, 0.6) is 5.75 Å². The Labute approximate surface area is 239 Å². The maximum atomic E-state index is 14.2. The van der Waals surface area contributed by atoms with Crippen LogP contribution in [0.2, 0.25) is 0 Å². The second-order valence-electron chi connectivity index (χ2n) is 8.73. The molecular weight excluding hydrogens is 596 g/mol. The van der Waals surface area contributed by atoms with Crippen LogP contribution in [-0.4, -0.2) is 74.7 Å². The molecule has 18 heteroatoms. The van der Waals surface area contributed by atoms with Crippen molar-refractivity contribution in [3.8, 4) is 5.75 Å². The Morgan fingerprint density at radius 1 is 1.10 bits per heavy atom. The van der Waals surface area contributed by atoms with E-state index < -0.39 is 54.4 Å². The highest BCUT2D eigenvalue weighted by Gasteiger charge is 2.38. The maximum Gasteiger partial charge on any atom is 0.490 e. The van der Waals surface area contributed by atoms with Gasteiger partial charge in [0.05, 0.1) is 13.0 Å². The number of urea groups is 1. The number of hydrogen-bond donors (Lipinski definition) is 6. The topological polar surface area (TPSA) is 220 Å². The van der Waals surface area contributed by atoms with Crippen molar-refractivity contribution in [2.24, 2.45) is 11.7 Å². The number of carboxylic acids is 3. The third-order valence-electron chi connectivity index (χ3n) is 4.74. The highest BCUT2D eigenvalue weighted by Crippen LogP contribution is 2.24. The lowest BCUT2D eigenvalue weighted by Crippen LogP contribution is -2.49. The van der Waals surface area contributed by atoms with Crippen LogP contribution < -0.4 is 15.8 Å². The number of esters is 1. The molecular formula is C24H26F4N4O9S. The van der Waals surface area contributed by atoms with Crippen LogP contribution in [0.3, 0.4) is 0 Å². The lowest BCUT2D eigenvalue weighted by Gasteiger charge is -2.26. The van der Waals surface area contributed by atoms with Crippen LogP contribution in [-0.2, 0) is 20.9 Å². The molecule has 2 amide bonds. The van der Waals surface area contributed by atoms with E-state index in [1.54, 1.807) is 6.07 Å². The molecule has 2 rings (SSSR count). The van der Waals surface area contributed by atoms with E-state index in [1.165, 1.54) is 23.1 Å². The Balaban J connectivity index is 0.00000112. The summed E-state index contributed by atoms with van der Waals surface area (Å²) in [4.78, 5) is 58.2. The summed E-state index contributed by atoms with van der Waals surface area (Å²) in [6, 6.07) is 4.14. The predicted molar refractivity (Wildman–Crippen MR) is 138 cm³/mol. The van der Waals surface area contributed by atoms with E-state index in [2.05, 4.69) is 5.32 Å². The smallest absolute Gasteiger partial charge is 0.481 e. The first-order valence-electron chi connectivity index (χ1n) is 11.6. The number of rotatable bonds is 11. The molecule has 1 aromatic carbocycles. The van der Waals surface area contributed by atoms with E-state index in [-0.39, 0.29) is 41.0 Å². The average molecular weight is 623 g/mol. The molecule has 0 aliphatic rings. The molecule has 7 N–H and O–H groups in total. The van der Waals surface area contributed by atoms with Crippen LogP contribution in [0.25, 0.3) is 0 Å². The van der Waals surface area contributed by atoms with Gasteiger partial charge in [-0.3, -0.25) is 10.2 Å². The molecule has 230 valence electrons. The zero-order chi connectivity index (χ0) is 32.4. The number of aliphatic carboxylic acids is 3. The first-order valence-corrected chi connectivity index (χ1v) is 12.4. The molecule has 0 fully saturated rings. The number of ether oxygens (including phenoxy) is 1. The van der Waals surface area contributed by atoms with Crippen molar-refractivity contribution in [3.63, 3.8) is 0 Å². The fourth-order valence-corrected chi connectivity index (χ4v) is 3.84. The minimum Gasteiger partial charge on any atom is -0.481 e. The summed E-state index contributed by atoms with van der Waals surface area (Å²) < 4.78 is 51.0. The molecule has 0 aliphatic heterocycles. The fourth-order valence-electron chi connectivity index (χ4n) is 2.94. The molecule has 0 unspecified atom stereocenters. The van der Waals surface area contributed by atoms with Crippen molar-refractivity contribution >= 4 is 47.1 Å². The van der Waals surface area contributed by atoms with Gasteiger partial charge in [-0.1, -0.05) is 13.8 Å². The monoisotopic (exact) mass is 622 g/mol. The Morgan fingerprint density at radius 3 is 2.14 bits per heavy atom. The quantitative estimate of drug-likeness (QED) is 0.0707. The number of amidine groups is 1. The number of nitrogens with two attached hydrogens (primary N) is 1. The number of carboxylic acid groups (broad SMARTS) is 3. The van der Waals surface area contributed by atoms with E-state index >= 15 is 0 Å².